The summed E-state index contributed by atoms with van der Waals surface area (Å²) >= 11 is 1.50. The van der Waals surface area contributed by atoms with Gasteiger partial charge in [-0.2, -0.15) is 0 Å². The van der Waals surface area contributed by atoms with Crippen LogP contribution in [0.3, 0.4) is 0 Å². The van der Waals surface area contributed by atoms with Gasteiger partial charge in [0.05, 0.1) is 12.1 Å². The van der Waals surface area contributed by atoms with Gasteiger partial charge in [-0.1, -0.05) is 42.0 Å². The molecule has 0 aliphatic carbocycles. The number of amides is 1. The van der Waals surface area contributed by atoms with Crippen LogP contribution in [0.1, 0.15) is 32.2 Å². The van der Waals surface area contributed by atoms with Crippen molar-refractivity contribution in [2.75, 3.05) is 7.11 Å². The van der Waals surface area contributed by atoms with E-state index >= 15 is 0 Å². The number of hydrogen-bond acceptors (Lipinski definition) is 4. The predicted molar refractivity (Wildman–Crippen MR) is 100 cm³/mol. The second-order valence-electron chi connectivity index (χ2n) is 5.82. The Morgan fingerprint density at radius 1 is 1.08 bits per heavy atom. The number of methoxy groups -OCH3 is 1. The van der Waals surface area contributed by atoms with E-state index in [0.717, 1.165) is 21.9 Å². The maximum absolute atomic E-state index is 12.3. The highest BCUT2D eigenvalue weighted by Crippen LogP contribution is 2.17. The van der Waals surface area contributed by atoms with Gasteiger partial charge in [0, 0.05) is 18.3 Å². The first-order valence-corrected chi connectivity index (χ1v) is 8.93. The van der Waals surface area contributed by atoms with Crippen LogP contribution in [0.5, 0.6) is 5.75 Å². The third kappa shape index (κ3) is 4.67. The Hall–Kier alpha value is -2.66. The number of nitrogens with zero attached hydrogens (tertiary/aromatic N) is 1. The van der Waals surface area contributed by atoms with Gasteiger partial charge in [0.2, 0.25) is 0 Å². The van der Waals surface area contributed by atoms with Crippen molar-refractivity contribution in [1.82, 2.24) is 10.3 Å². The summed E-state index contributed by atoms with van der Waals surface area (Å²) in [6.45, 7) is 2.55. The molecule has 0 spiro atoms. The zero-order valence-electron chi connectivity index (χ0n) is 14.3. The van der Waals surface area contributed by atoms with Crippen LogP contribution in [-0.2, 0) is 13.0 Å². The van der Waals surface area contributed by atoms with Crippen LogP contribution < -0.4 is 10.1 Å². The van der Waals surface area contributed by atoms with Crippen molar-refractivity contribution in [2.24, 2.45) is 0 Å². The first-order valence-electron chi connectivity index (χ1n) is 8.05. The molecule has 0 aliphatic rings. The summed E-state index contributed by atoms with van der Waals surface area (Å²) in [6, 6.07) is 16.0. The molecular weight excluding hydrogens is 332 g/mol. The van der Waals surface area contributed by atoms with Gasteiger partial charge >= 0.3 is 0 Å². The average Bonchev–Trinajstić information content (AvgIpc) is 3.10. The molecule has 2 aromatic carbocycles. The summed E-state index contributed by atoms with van der Waals surface area (Å²) < 4.78 is 5.16. The quantitative estimate of drug-likeness (QED) is 0.730. The summed E-state index contributed by atoms with van der Waals surface area (Å²) in [4.78, 5) is 16.7. The normalized spacial score (nSPS) is 10.5. The maximum Gasteiger partial charge on any atom is 0.271 e. The lowest BCUT2D eigenvalue weighted by Crippen LogP contribution is -2.23. The fourth-order valence-electron chi connectivity index (χ4n) is 2.39. The van der Waals surface area contributed by atoms with Crippen LogP contribution in [0.15, 0.2) is 53.9 Å². The highest BCUT2D eigenvalue weighted by Gasteiger charge is 2.11. The van der Waals surface area contributed by atoms with Crippen molar-refractivity contribution in [3.8, 4) is 5.75 Å². The third-order valence-electron chi connectivity index (χ3n) is 3.87. The minimum atomic E-state index is -0.141. The molecule has 0 aliphatic heterocycles. The summed E-state index contributed by atoms with van der Waals surface area (Å²) in [5.41, 5.74) is 3.90. The second-order valence-corrected chi connectivity index (χ2v) is 6.76. The Balaban J connectivity index is 1.58. The van der Waals surface area contributed by atoms with Crippen LogP contribution in [0.2, 0.25) is 0 Å². The number of thiazole rings is 1. The number of carbonyl (C=O) groups excluding carboxylic acids is 1. The van der Waals surface area contributed by atoms with Crippen LogP contribution in [0.25, 0.3) is 0 Å². The Kier molecular flexibility index (Phi) is 5.46. The first kappa shape index (κ1) is 17.2. The minimum absolute atomic E-state index is 0.141. The van der Waals surface area contributed by atoms with Crippen LogP contribution in [0, 0.1) is 6.92 Å². The van der Waals surface area contributed by atoms with E-state index in [4.69, 9.17) is 4.74 Å². The molecule has 0 bridgehead atoms. The number of rotatable bonds is 6. The zero-order valence-corrected chi connectivity index (χ0v) is 15.1. The number of nitrogens with one attached hydrogen (secondary N) is 1. The molecule has 1 amide bonds. The number of ether oxygens (including phenoxy) is 1. The molecule has 0 unspecified atom stereocenters. The van der Waals surface area contributed by atoms with Crippen molar-refractivity contribution in [1.29, 1.82) is 0 Å². The molecule has 0 atom stereocenters. The number of aryl methyl sites for hydroxylation is 1. The monoisotopic (exact) mass is 352 g/mol. The molecule has 4 nitrogen and oxygen atoms in total. The van der Waals surface area contributed by atoms with Gasteiger partial charge in [-0.25, -0.2) is 4.98 Å². The number of aromatic nitrogens is 1. The standard InChI is InChI=1S/C20H20N2O2S/c1-14-3-5-16(6-4-14)12-21-20(23)18-13-25-19(22-18)11-15-7-9-17(24-2)10-8-15/h3-10,13H,11-12H2,1-2H3,(H,21,23). The van der Waals surface area contributed by atoms with Crippen molar-refractivity contribution < 1.29 is 9.53 Å². The van der Waals surface area contributed by atoms with Gasteiger partial charge in [-0.3, -0.25) is 4.79 Å². The number of carbonyl (C=O) groups is 1. The van der Waals surface area contributed by atoms with Crippen molar-refractivity contribution in [3.05, 3.63) is 81.3 Å². The molecule has 3 rings (SSSR count). The highest BCUT2D eigenvalue weighted by molar-refractivity contribution is 7.09. The lowest BCUT2D eigenvalue weighted by Gasteiger charge is -2.04. The Bertz CT molecular complexity index is 839. The molecule has 3 aromatic rings. The Morgan fingerprint density at radius 3 is 2.44 bits per heavy atom. The third-order valence-corrected chi connectivity index (χ3v) is 4.72. The molecule has 0 fully saturated rings. The summed E-state index contributed by atoms with van der Waals surface area (Å²) in [6.07, 6.45) is 0.708. The molecule has 1 heterocycles. The second kappa shape index (κ2) is 7.94. The zero-order chi connectivity index (χ0) is 17.6. The van der Waals surface area contributed by atoms with E-state index in [1.165, 1.54) is 16.9 Å². The van der Waals surface area contributed by atoms with Gasteiger partial charge in [0.15, 0.2) is 0 Å². The van der Waals surface area contributed by atoms with E-state index in [1.54, 1.807) is 7.11 Å². The maximum atomic E-state index is 12.3. The van der Waals surface area contributed by atoms with E-state index in [-0.39, 0.29) is 5.91 Å². The molecular formula is C20H20N2O2S. The fraction of sp³-hybridized carbons (Fsp3) is 0.200. The summed E-state index contributed by atoms with van der Waals surface area (Å²) in [7, 11) is 1.65. The lowest BCUT2D eigenvalue weighted by molar-refractivity contribution is 0.0946. The van der Waals surface area contributed by atoms with Crippen LogP contribution >= 0.6 is 11.3 Å². The summed E-state index contributed by atoms with van der Waals surface area (Å²) in [5, 5.41) is 5.65. The Morgan fingerprint density at radius 2 is 1.76 bits per heavy atom. The van der Waals surface area contributed by atoms with E-state index in [9.17, 15) is 4.79 Å². The summed E-state index contributed by atoms with van der Waals surface area (Å²) in [5.74, 6) is 0.692. The van der Waals surface area contributed by atoms with Crippen molar-refractivity contribution >= 4 is 17.2 Å². The van der Waals surface area contributed by atoms with E-state index in [2.05, 4.69) is 10.3 Å². The first-order chi connectivity index (χ1) is 12.1. The fourth-order valence-corrected chi connectivity index (χ4v) is 3.20. The van der Waals surface area contributed by atoms with Gasteiger partial charge < -0.3 is 10.1 Å². The Labute approximate surface area is 151 Å². The van der Waals surface area contributed by atoms with Crippen LogP contribution in [0.4, 0.5) is 0 Å². The van der Waals surface area contributed by atoms with Crippen molar-refractivity contribution in [3.63, 3.8) is 0 Å². The van der Waals surface area contributed by atoms with Gasteiger partial charge in [0.1, 0.15) is 11.4 Å². The smallest absolute Gasteiger partial charge is 0.271 e. The average molecular weight is 352 g/mol. The van der Waals surface area contributed by atoms with Gasteiger partial charge in [-0.05, 0) is 30.2 Å². The predicted octanol–water partition coefficient (Wildman–Crippen LogP) is 3.98. The van der Waals surface area contributed by atoms with E-state index in [1.807, 2.05) is 60.8 Å². The minimum Gasteiger partial charge on any atom is -0.497 e. The molecule has 0 saturated carbocycles. The van der Waals surface area contributed by atoms with E-state index in [0.29, 0.717) is 18.7 Å². The lowest BCUT2D eigenvalue weighted by atomic mass is 10.1. The molecule has 1 aromatic heterocycles. The molecule has 0 saturated heterocycles. The SMILES string of the molecule is COc1ccc(Cc2nc(C(=O)NCc3ccc(C)cc3)cs2)cc1. The molecule has 128 valence electrons. The van der Waals surface area contributed by atoms with Gasteiger partial charge in [-0.15, -0.1) is 11.3 Å². The molecule has 0 radical (unpaired) electrons. The number of benzene rings is 2. The molecule has 5 heteroatoms. The van der Waals surface area contributed by atoms with Gasteiger partial charge in [0.25, 0.3) is 5.91 Å². The van der Waals surface area contributed by atoms with Crippen LogP contribution in [-0.4, -0.2) is 18.0 Å². The van der Waals surface area contributed by atoms with E-state index < -0.39 is 0 Å². The largest absolute Gasteiger partial charge is 0.497 e. The molecule has 25 heavy (non-hydrogen) atoms. The van der Waals surface area contributed by atoms with Crippen molar-refractivity contribution in [2.45, 2.75) is 19.9 Å². The topological polar surface area (TPSA) is 51.2 Å². The highest BCUT2D eigenvalue weighted by atomic mass is 32.1. The molecule has 1 N–H and O–H groups in total. The number of hydrogen-bond donors (Lipinski definition) is 1.